The minimum absolute atomic E-state index is 0.0552. The molecular weight excluding hydrogens is 742 g/mol. The maximum absolute atomic E-state index is 14.9. The lowest BCUT2D eigenvalue weighted by atomic mass is 9.93. The maximum atomic E-state index is 14.9. The number of alkyl halides is 4. The lowest BCUT2D eigenvalue weighted by Crippen LogP contribution is -2.35. The number of aliphatic hydroxyl groups is 1. The number of amides is 1. The average molecular weight is 781 g/mol. The molecule has 1 aliphatic rings. The van der Waals surface area contributed by atoms with E-state index in [0.717, 1.165) is 12.1 Å². The van der Waals surface area contributed by atoms with E-state index in [0.29, 0.717) is 27.4 Å². The Balaban J connectivity index is 0.00000295. The van der Waals surface area contributed by atoms with Crippen molar-refractivity contribution in [3.63, 3.8) is 0 Å². The summed E-state index contributed by atoms with van der Waals surface area (Å²) in [5, 5.41) is 44.1. The molecule has 3 heterocycles. The topological polar surface area (TPSA) is 154 Å². The van der Waals surface area contributed by atoms with E-state index in [2.05, 4.69) is 32.7 Å². The molecule has 2 aromatic carbocycles. The van der Waals surface area contributed by atoms with Gasteiger partial charge in [-0.05, 0) is 74.6 Å². The summed E-state index contributed by atoms with van der Waals surface area (Å²) in [6, 6.07) is 9.38. The minimum Gasteiger partial charge on any atom is -0.507 e. The molecule has 5 aromatic rings. The number of halogens is 6. The van der Waals surface area contributed by atoms with Crippen LogP contribution in [0.3, 0.4) is 0 Å². The number of hydrogen-bond acceptors (Lipinski definition) is 8. The summed E-state index contributed by atoms with van der Waals surface area (Å²) < 4.78 is 88.4. The average Bonchev–Trinajstić information content (AvgIpc) is 3.77. The van der Waals surface area contributed by atoms with Gasteiger partial charge in [-0.3, -0.25) is 14.2 Å². The third-order valence-electron chi connectivity index (χ3n) is 8.66. The normalized spacial score (nSPS) is 13.6. The molecule has 0 radical (unpaired) electrons. The highest BCUT2D eigenvalue weighted by Crippen LogP contribution is 2.45. The highest BCUT2D eigenvalue weighted by molar-refractivity contribution is 6.04. The molecular formula is C39H38F6N8O3. The Morgan fingerprint density at radius 2 is 1.73 bits per heavy atom. The molecule has 0 spiro atoms. The van der Waals surface area contributed by atoms with Crippen LogP contribution in [0.25, 0.3) is 22.0 Å². The van der Waals surface area contributed by atoms with Gasteiger partial charge in [-0.15, -0.1) is 0 Å². The quantitative estimate of drug-likeness (QED) is 0.0673. The first-order valence-corrected chi connectivity index (χ1v) is 17.5. The number of aromatic nitrogens is 5. The fraction of sp³-hybridized carbons (Fsp3) is 0.359. The SMILES string of the molecule is CC.Cn1nc(NCC#N)c2c(O)ccc(-c3ccc(C#CC(C)(C)O)nc3[C@H](Cc3cc(F)cc(F)c3)NC(=O)Cn3nc(C(F)F)c4c3C(F)(F)CC4)c21. The Bertz CT molecular complexity index is 2360. The smallest absolute Gasteiger partial charge is 0.290 e. The number of nitrogens with zero attached hydrogens (tertiary/aromatic N) is 6. The second-order valence-electron chi connectivity index (χ2n) is 13.3. The number of phenols is 1. The number of anilines is 1. The Morgan fingerprint density at radius 3 is 2.38 bits per heavy atom. The number of rotatable bonds is 10. The summed E-state index contributed by atoms with van der Waals surface area (Å²) in [7, 11) is 1.58. The van der Waals surface area contributed by atoms with Crippen molar-refractivity contribution in [1.82, 2.24) is 29.9 Å². The van der Waals surface area contributed by atoms with Crippen molar-refractivity contribution in [2.24, 2.45) is 7.05 Å². The van der Waals surface area contributed by atoms with Crippen LogP contribution in [0.2, 0.25) is 0 Å². The Morgan fingerprint density at radius 1 is 1.05 bits per heavy atom. The number of pyridine rings is 1. The van der Waals surface area contributed by atoms with Crippen LogP contribution in [-0.4, -0.2) is 52.8 Å². The molecule has 17 heteroatoms. The monoisotopic (exact) mass is 780 g/mol. The first-order chi connectivity index (χ1) is 26.5. The molecule has 1 atom stereocenters. The van der Waals surface area contributed by atoms with Crippen molar-refractivity contribution >= 4 is 22.6 Å². The number of phenolic OH excluding ortho intramolecular Hbond substituents is 1. The predicted molar refractivity (Wildman–Crippen MR) is 195 cm³/mol. The van der Waals surface area contributed by atoms with Crippen LogP contribution in [0, 0.1) is 34.8 Å². The van der Waals surface area contributed by atoms with Gasteiger partial charge >= 0.3 is 0 Å². The molecule has 0 aliphatic heterocycles. The third-order valence-corrected chi connectivity index (χ3v) is 8.66. The molecule has 1 amide bonds. The first-order valence-electron chi connectivity index (χ1n) is 17.5. The molecule has 1 aliphatic carbocycles. The lowest BCUT2D eigenvalue weighted by Gasteiger charge is -2.23. The van der Waals surface area contributed by atoms with Crippen LogP contribution < -0.4 is 10.6 Å². The van der Waals surface area contributed by atoms with Gasteiger partial charge in [-0.2, -0.15) is 24.2 Å². The Hall–Kier alpha value is -6.07. The Kier molecular flexibility index (Phi) is 12.0. The van der Waals surface area contributed by atoms with Gasteiger partial charge in [0.2, 0.25) is 5.91 Å². The van der Waals surface area contributed by atoms with Crippen molar-refractivity contribution < 1.29 is 41.4 Å². The summed E-state index contributed by atoms with van der Waals surface area (Å²) in [6.45, 7) is 5.84. The Labute approximate surface area is 318 Å². The van der Waals surface area contributed by atoms with Gasteiger partial charge in [-0.1, -0.05) is 19.8 Å². The van der Waals surface area contributed by atoms with Gasteiger partial charge in [0.15, 0.2) is 5.82 Å². The number of carbonyl (C=O) groups excluding carboxylic acids is 1. The summed E-state index contributed by atoms with van der Waals surface area (Å²) in [5.41, 5.74) is -2.14. The van der Waals surface area contributed by atoms with Crippen LogP contribution in [0.5, 0.6) is 5.75 Å². The zero-order chi connectivity index (χ0) is 41.1. The van der Waals surface area contributed by atoms with Gasteiger partial charge < -0.3 is 20.8 Å². The van der Waals surface area contributed by atoms with E-state index < -0.39 is 65.9 Å². The molecule has 294 valence electrons. The number of hydrogen-bond donors (Lipinski definition) is 4. The van der Waals surface area contributed by atoms with E-state index in [1.807, 2.05) is 19.9 Å². The predicted octanol–water partition coefficient (Wildman–Crippen LogP) is 6.98. The van der Waals surface area contributed by atoms with E-state index in [9.17, 15) is 41.4 Å². The second kappa shape index (κ2) is 16.3. The fourth-order valence-electron chi connectivity index (χ4n) is 6.54. The number of aryl methyl sites for hydroxylation is 1. The molecule has 56 heavy (non-hydrogen) atoms. The molecule has 0 saturated carbocycles. The molecule has 0 bridgehead atoms. The van der Waals surface area contributed by atoms with E-state index in [1.54, 1.807) is 13.1 Å². The van der Waals surface area contributed by atoms with Gasteiger partial charge in [0.1, 0.15) is 53.2 Å². The van der Waals surface area contributed by atoms with Crippen molar-refractivity contribution in [2.45, 2.75) is 77.5 Å². The molecule has 3 aromatic heterocycles. The molecule has 0 unspecified atom stereocenters. The number of benzene rings is 2. The largest absolute Gasteiger partial charge is 0.507 e. The van der Waals surface area contributed by atoms with Gasteiger partial charge in [0.25, 0.3) is 12.3 Å². The van der Waals surface area contributed by atoms with E-state index in [4.69, 9.17) is 10.2 Å². The minimum atomic E-state index is -3.52. The number of nitriles is 1. The highest BCUT2D eigenvalue weighted by Gasteiger charge is 2.46. The summed E-state index contributed by atoms with van der Waals surface area (Å²) >= 11 is 0. The summed E-state index contributed by atoms with van der Waals surface area (Å²) in [4.78, 5) is 18.5. The summed E-state index contributed by atoms with van der Waals surface area (Å²) in [5.74, 6) is -0.931. The van der Waals surface area contributed by atoms with Crippen LogP contribution in [-0.2, 0) is 37.2 Å². The number of aromatic hydroxyl groups is 1. The van der Waals surface area contributed by atoms with Crippen molar-refractivity contribution in [2.75, 3.05) is 11.9 Å². The lowest BCUT2D eigenvalue weighted by molar-refractivity contribution is -0.122. The van der Waals surface area contributed by atoms with Crippen molar-refractivity contribution in [1.29, 1.82) is 5.26 Å². The number of carbonyl (C=O) groups is 1. The third kappa shape index (κ3) is 8.74. The zero-order valence-corrected chi connectivity index (χ0v) is 31.0. The van der Waals surface area contributed by atoms with Gasteiger partial charge in [-0.25, -0.2) is 22.5 Å². The van der Waals surface area contributed by atoms with Crippen LogP contribution >= 0.6 is 0 Å². The van der Waals surface area contributed by atoms with E-state index >= 15 is 0 Å². The number of nitrogens with one attached hydrogen (secondary N) is 2. The zero-order valence-electron chi connectivity index (χ0n) is 31.0. The van der Waals surface area contributed by atoms with Crippen molar-refractivity contribution in [3.05, 3.63) is 88.0 Å². The van der Waals surface area contributed by atoms with Gasteiger partial charge in [0.05, 0.1) is 28.7 Å². The highest BCUT2D eigenvalue weighted by atomic mass is 19.3. The molecule has 11 nitrogen and oxygen atoms in total. The van der Waals surface area contributed by atoms with Crippen LogP contribution in [0.15, 0.2) is 42.5 Å². The maximum Gasteiger partial charge on any atom is 0.290 e. The van der Waals surface area contributed by atoms with Gasteiger partial charge in [0, 0.05) is 36.2 Å². The first kappa shape index (κ1) is 41.1. The molecule has 0 fully saturated rings. The van der Waals surface area contributed by atoms with Crippen molar-refractivity contribution in [3.8, 4) is 34.8 Å². The molecule has 4 N–H and O–H groups in total. The summed E-state index contributed by atoms with van der Waals surface area (Å²) in [6.07, 6.45) is -4.58. The van der Waals surface area contributed by atoms with Crippen LogP contribution in [0.1, 0.15) is 80.5 Å². The number of fused-ring (bicyclic) bond motifs is 2. The fourth-order valence-corrected chi connectivity index (χ4v) is 6.54. The molecule has 6 rings (SSSR count). The second-order valence-corrected chi connectivity index (χ2v) is 13.3. The van der Waals surface area contributed by atoms with E-state index in [-0.39, 0.29) is 58.9 Å². The van der Waals surface area contributed by atoms with Crippen LogP contribution in [0.4, 0.5) is 32.2 Å². The molecule has 0 saturated heterocycles. The standard InChI is InChI=1S/C37H32F6N8O3.C2H6/c1-36(2,54)10-8-22-4-5-23(24-6-7-27(52)29-32(24)50(3)49-35(29)45-13-12-44)30(46-22)26(16-19-14-20(38)17-21(39)15-19)47-28(53)18-51-33-25(9-11-37(33,42)43)31(48-51)34(40)41;1-2/h4-7,14-15,17,26,34,52,54H,9,11,13,16,18H2,1-3H3,(H,45,49)(H,47,53);1-2H3/t26-;/m0./s1. The van der Waals surface area contributed by atoms with E-state index in [1.165, 1.54) is 36.7 Å².